The largest absolute Gasteiger partial charge is 0.393 e. The molecule has 1 N–H and O–H groups in total. The lowest BCUT2D eigenvalue weighted by Gasteiger charge is -2.34. The fourth-order valence-electron chi connectivity index (χ4n) is 4.06. The van der Waals surface area contributed by atoms with Gasteiger partial charge in [0, 0.05) is 37.4 Å². The van der Waals surface area contributed by atoms with Gasteiger partial charge in [0.1, 0.15) is 0 Å². The molecule has 4 heteroatoms. The molecule has 0 bridgehead atoms. The third kappa shape index (κ3) is 4.49. The summed E-state index contributed by atoms with van der Waals surface area (Å²) in [6.07, 6.45) is 6.66. The number of fused-ring (bicyclic) bond motifs is 1. The number of likely N-dealkylation sites (tertiary alicyclic amines) is 1. The van der Waals surface area contributed by atoms with Crippen LogP contribution in [-0.2, 0) is 17.6 Å². The molecule has 1 amide bonds. The zero-order valence-electron chi connectivity index (χ0n) is 15.2. The number of piperidine rings is 1. The summed E-state index contributed by atoms with van der Waals surface area (Å²) in [6.45, 7) is 3.15. The number of hydrogen-bond acceptors (Lipinski definition) is 3. The minimum Gasteiger partial charge on any atom is -0.393 e. The first-order valence-corrected chi connectivity index (χ1v) is 9.65. The van der Waals surface area contributed by atoms with Gasteiger partial charge in [-0.15, -0.1) is 0 Å². The van der Waals surface area contributed by atoms with Crippen LogP contribution in [-0.4, -0.2) is 40.9 Å². The molecule has 0 radical (unpaired) electrons. The van der Waals surface area contributed by atoms with Crippen molar-refractivity contribution in [3.63, 3.8) is 0 Å². The van der Waals surface area contributed by atoms with Crippen LogP contribution in [0.2, 0.25) is 0 Å². The summed E-state index contributed by atoms with van der Waals surface area (Å²) in [5, 5.41) is 9.75. The monoisotopic (exact) mass is 343 g/mol. The van der Waals surface area contributed by atoms with Crippen LogP contribution >= 0.6 is 0 Å². The van der Waals surface area contributed by atoms with E-state index in [0.29, 0.717) is 6.54 Å². The van der Waals surface area contributed by atoms with Gasteiger partial charge >= 0.3 is 0 Å². The first-order chi connectivity index (χ1) is 12.0. The molecule has 0 aromatic heterocycles. The lowest BCUT2D eigenvalue weighted by Crippen LogP contribution is -2.43. The summed E-state index contributed by atoms with van der Waals surface area (Å²) < 4.78 is 0. The van der Waals surface area contributed by atoms with E-state index in [9.17, 15) is 14.7 Å². The van der Waals surface area contributed by atoms with Crippen LogP contribution in [0.1, 0.15) is 66.9 Å². The highest BCUT2D eigenvalue weighted by Gasteiger charge is 2.26. The zero-order valence-corrected chi connectivity index (χ0v) is 15.2. The Balaban J connectivity index is 1.54. The molecule has 4 nitrogen and oxygen atoms in total. The van der Waals surface area contributed by atoms with E-state index < -0.39 is 0 Å². The molecule has 3 rings (SSSR count). The highest BCUT2D eigenvalue weighted by atomic mass is 16.3. The summed E-state index contributed by atoms with van der Waals surface area (Å²) in [5.41, 5.74) is 3.42. The van der Waals surface area contributed by atoms with Crippen molar-refractivity contribution in [1.29, 1.82) is 0 Å². The fraction of sp³-hybridized carbons (Fsp3) is 0.619. The average molecular weight is 343 g/mol. The molecule has 136 valence electrons. The number of amides is 1. The van der Waals surface area contributed by atoms with Gasteiger partial charge in [0.25, 0.3) is 0 Å². The Hall–Kier alpha value is -1.68. The van der Waals surface area contributed by atoms with Gasteiger partial charge in [-0.2, -0.15) is 0 Å². The molecule has 1 heterocycles. The molecule has 0 spiro atoms. The molecule has 25 heavy (non-hydrogen) atoms. The van der Waals surface area contributed by atoms with Crippen LogP contribution in [0.3, 0.4) is 0 Å². The summed E-state index contributed by atoms with van der Waals surface area (Å²) in [7, 11) is 0. The van der Waals surface area contributed by atoms with E-state index in [1.165, 1.54) is 24.0 Å². The predicted molar refractivity (Wildman–Crippen MR) is 97.6 cm³/mol. The number of ketones is 1. The van der Waals surface area contributed by atoms with Gasteiger partial charge in [-0.1, -0.05) is 12.1 Å². The third-order valence-corrected chi connectivity index (χ3v) is 5.73. The maximum Gasteiger partial charge on any atom is 0.223 e. The standard InChI is InChI=1S/C21H29NO3/c1-15(23)19-7-4-12-22(14-19)21(25)11-10-20(24)18-9-8-16-5-2-3-6-17(16)13-18/h8-9,13,15,19,23H,2-7,10-12,14H2,1H3. The number of hydrogen-bond donors (Lipinski definition) is 1. The van der Waals surface area contributed by atoms with Gasteiger partial charge in [0.15, 0.2) is 5.78 Å². The number of benzene rings is 1. The first-order valence-electron chi connectivity index (χ1n) is 9.65. The van der Waals surface area contributed by atoms with Crippen molar-refractivity contribution in [2.24, 2.45) is 5.92 Å². The summed E-state index contributed by atoms with van der Waals surface area (Å²) in [4.78, 5) is 26.7. The highest BCUT2D eigenvalue weighted by molar-refractivity contribution is 5.98. The van der Waals surface area contributed by atoms with Gasteiger partial charge < -0.3 is 10.0 Å². The van der Waals surface area contributed by atoms with E-state index in [1.54, 1.807) is 6.92 Å². The van der Waals surface area contributed by atoms with Crippen LogP contribution in [0.25, 0.3) is 0 Å². The number of aliphatic hydroxyl groups excluding tert-OH is 1. The zero-order chi connectivity index (χ0) is 17.8. The molecular weight excluding hydrogens is 314 g/mol. The SMILES string of the molecule is CC(O)C1CCCN(C(=O)CCC(=O)c2ccc3c(c2)CCCC3)C1. The van der Waals surface area contributed by atoms with Gasteiger partial charge in [0.05, 0.1) is 6.10 Å². The van der Waals surface area contributed by atoms with Crippen molar-refractivity contribution in [1.82, 2.24) is 4.90 Å². The van der Waals surface area contributed by atoms with E-state index >= 15 is 0 Å². The Labute approximate surface area is 150 Å². The number of rotatable bonds is 5. The minimum atomic E-state index is -0.382. The predicted octanol–water partition coefficient (Wildman–Crippen LogP) is 3.15. The molecule has 1 fully saturated rings. The van der Waals surface area contributed by atoms with Crippen LogP contribution in [0, 0.1) is 5.92 Å². The molecule has 2 atom stereocenters. The molecular formula is C21H29NO3. The number of Topliss-reactive ketones (excluding diaryl/α,β-unsaturated/α-hetero) is 1. The van der Waals surface area contributed by atoms with Crippen molar-refractivity contribution in [2.45, 2.75) is 64.4 Å². The van der Waals surface area contributed by atoms with Crippen molar-refractivity contribution in [3.8, 4) is 0 Å². The maximum atomic E-state index is 12.5. The Morgan fingerprint density at radius 2 is 1.92 bits per heavy atom. The second kappa shape index (κ2) is 8.13. The Morgan fingerprint density at radius 3 is 2.68 bits per heavy atom. The fourth-order valence-corrected chi connectivity index (χ4v) is 4.06. The summed E-state index contributed by atoms with van der Waals surface area (Å²) in [5.74, 6) is 0.261. The van der Waals surface area contributed by atoms with Crippen LogP contribution in [0.15, 0.2) is 18.2 Å². The van der Waals surface area contributed by atoms with Crippen molar-refractivity contribution in [3.05, 3.63) is 34.9 Å². The molecule has 2 aliphatic rings. The number of carbonyl (C=O) groups excluding carboxylic acids is 2. The lowest BCUT2D eigenvalue weighted by molar-refractivity contribution is -0.133. The van der Waals surface area contributed by atoms with E-state index in [4.69, 9.17) is 0 Å². The molecule has 1 saturated heterocycles. The molecule has 1 aliphatic carbocycles. The first kappa shape index (κ1) is 18.1. The minimum absolute atomic E-state index is 0.0386. The molecule has 2 unspecified atom stereocenters. The number of carbonyl (C=O) groups is 2. The molecule has 0 saturated carbocycles. The van der Waals surface area contributed by atoms with E-state index in [1.807, 2.05) is 17.0 Å². The van der Waals surface area contributed by atoms with Crippen LogP contribution in [0.4, 0.5) is 0 Å². The maximum absolute atomic E-state index is 12.5. The van der Waals surface area contributed by atoms with Crippen molar-refractivity contribution >= 4 is 11.7 Å². The molecule has 1 aromatic rings. The molecule has 1 aromatic carbocycles. The average Bonchev–Trinajstić information content (AvgIpc) is 2.65. The van der Waals surface area contributed by atoms with Crippen LogP contribution < -0.4 is 0 Å². The van der Waals surface area contributed by atoms with E-state index in [2.05, 4.69) is 6.07 Å². The normalized spacial score (nSPS) is 21.5. The van der Waals surface area contributed by atoms with E-state index in [0.717, 1.165) is 37.8 Å². The Bertz CT molecular complexity index is 638. The topological polar surface area (TPSA) is 57.6 Å². The smallest absolute Gasteiger partial charge is 0.223 e. The second-order valence-corrected chi connectivity index (χ2v) is 7.60. The summed E-state index contributed by atoms with van der Waals surface area (Å²) in [6, 6.07) is 6.04. The van der Waals surface area contributed by atoms with Gasteiger partial charge in [-0.3, -0.25) is 9.59 Å². The number of aliphatic hydroxyl groups is 1. The summed E-state index contributed by atoms with van der Waals surface area (Å²) >= 11 is 0. The van der Waals surface area contributed by atoms with Gasteiger partial charge in [-0.05, 0) is 62.6 Å². The second-order valence-electron chi connectivity index (χ2n) is 7.60. The van der Waals surface area contributed by atoms with E-state index in [-0.39, 0.29) is 36.6 Å². The van der Waals surface area contributed by atoms with Crippen LogP contribution in [0.5, 0.6) is 0 Å². The number of nitrogens with zero attached hydrogens (tertiary/aromatic N) is 1. The van der Waals surface area contributed by atoms with Gasteiger partial charge in [0.2, 0.25) is 5.91 Å². The quantitative estimate of drug-likeness (QED) is 0.836. The lowest BCUT2D eigenvalue weighted by atomic mass is 9.89. The Kier molecular flexibility index (Phi) is 5.89. The highest BCUT2D eigenvalue weighted by Crippen LogP contribution is 2.24. The third-order valence-electron chi connectivity index (χ3n) is 5.73. The molecule has 1 aliphatic heterocycles. The van der Waals surface area contributed by atoms with Crippen molar-refractivity contribution in [2.75, 3.05) is 13.1 Å². The van der Waals surface area contributed by atoms with Crippen molar-refractivity contribution < 1.29 is 14.7 Å². The Morgan fingerprint density at radius 1 is 1.16 bits per heavy atom. The number of aryl methyl sites for hydroxylation is 2. The van der Waals surface area contributed by atoms with Gasteiger partial charge in [-0.25, -0.2) is 0 Å².